The summed E-state index contributed by atoms with van der Waals surface area (Å²) in [5, 5.41) is 16.1. The van der Waals surface area contributed by atoms with E-state index in [2.05, 4.69) is 10.6 Å². The molecule has 0 aliphatic carbocycles. The maximum atomic E-state index is 12.8. The summed E-state index contributed by atoms with van der Waals surface area (Å²) in [5.41, 5.74) is -1.61. The lowest BCUT2D eigenvalue weighted by Gasteiger charge is -2.32. The Labute approximate surface area is 152 Å². The highest BCUT2D eigenvalue weighted by atomic mass is 19.4. The van der Waals surface area contributed by atoms with Crippen LogP contribution in [0.25, 0.3) is 0 Å². The van der Waals surface area contributed by atoms with Gasteiger partial charge >= 0.3 is 6.18 Å². The Morgan fingerprint density at radius 3 is 2.44 bits per heavy atom. The Morgan fingerprint density at radius 1 is 1.30 bits per heavy atom. The van der Waals surface area contributed by atoms with Gasteiger partial charge in [0.15, 0.2) is 0 Å². The Balaban J connectivity index is 2.06. The molecular weight excluding hydrogens is 369 g/mol. The number of hydrogen-bond donors (Lipinski definition) is 2. The number of alkyl halides is 3. The lowest BCUT2D eigenvalue weighted by atomic mass is 9.95. The lowest BCUT2D eigenvalue weighted by Crippen LogP contribution is -2.43. The molecule has 1 fully saturated rings. The molecule has 1 aliphatic rings. The maximum Gasteiger partial charge on any atom is 0.416 e. The third kappa shape index (κ3) is 5.08. The average molecular weight is 388 g/mol. The number of carbonyl (C=O) groups excluding carboxylic acids is 2. The number of carbonyl (C=O) groups is 2. The number of nitrogens with one attached hydrogen (secondary N) is 2. The van der Waals surface area contributed by atoms with Crippen LogP contribution in [0.1, 0.15) is 18.4 Å². The van der Waals surface area contributed by atoms with Crippen molar-refractivity contribution in [2.45, 2.75) is 19.0 Å². The number of anilines is 1. The summed E-state index contributed by atoms with van der Waals surface area (Å²) < 4.78 is 38.4. The molecule has 1 heterocycles. The van der Waals surface area contributed by atoms with Crippen molar-refractivity contribution in [3.8, 4) is 0 Å². The van der Waals surface area contributed by atoms with Gasteiger partial charge in [-0.2, -0.15) is 13.2 Å². The van der Waals surface area contributed by atoms with E-state index in [1.165, 1.54) is 7.05 Å². The molecule has 1 aromatic carbocycles. The first-order valence-corrected chi connectivity index (χ1v) is 8.22. The molecule has 148 valence electrons. The molecule has 2 N–H and O–H groups in total. The summed E-state index contributed by atoms with van der Waals surface area (Å²) in [7, 11) is 1.45. The van der Waals surface area contributed by atoms with Crippen molar-refractivity contribution in [2.75, 3.05) is 31.6 Å². The largest absolute Gasteiger partial charge is 0.416 e. The number of nitro benzene ring substituents is 1. The number of benzene rings is 1. The Bertz CT molecular complexity index is 731. The fraction of sp³-hybridized carbons (Fsp3) is 0.500. The second-order valence-corrected chi connectivity index (χ2v) is 6.11. The molecule has 1 aliphatic heterocycles. The topological polar surface area (TPSA) is 105 Å². The van der Waals surface area contributed by atoms with Crippen LogP contribution in [0.4, 0.5) is 24.5 Å². The summed E-state index contributed by atoms with van der Waals surface area (Å²) in [5.74, 6) is -0.985. The van der Waals surface area contributed by atoms with Crippen molar-refractivity contribution in [1.82, 2.24) is 10.6 Å². The van der Waals surface area contributed by atoms with Crippen molar-refractivity contribution >= 4 is 23.2 Å². The van der Waals surface area contributed by atoms with Crippen LogP contribution < -0.4 is 15.5 Å². The molecule has 2 amide bonds. The van der Waals surface area contributed by atoms with Gasteiger partial charge in [-0.1, -0.05) is 0 Å². The van der Waals surface area contributed by atoms with E-state index in [0.29, 0.717) is 18.9 Å². The quantitative estimate of drug-likeness (QED) is 0.590. The number of nitrogens with zero attached hydrogens (tertiary/aromatic N) is 2. The Hall–Kier alpha value is -2.85. The monoisotopic (exact) mass is 388 g/mol. The zero-order valence-corrected chi connectivity index (χ0v) is 14.5. The highest BCUT2D eigenvalue weighted by Gasteiger charge is 2.34. The van der Waals surface area contributed by atoms with Gasteiger partial charge < -0.3 is 15.5 Å². The normalized spacial score (nSPS) is 15.3. The zero-order chi connectivity index (χ0) is 20.2. The van der Waals surface area contributed by atoms with Crippen LogP contribution in [0, 0.1) is 16.0 Å². The second kappa shape index (κ2) is 8.23. The van der Waals surface area contributed by atoms with Gasteiger partial charge in [0.05, 0.1) is 17.0 Å². The van der Waals surface area contributed by atoms with Crippen molar-refractivity contribution in [3.05, 3.63) is 33.9 Å². The minimum absolute atomic E-state index is 0.0946. The molecule has 1 aromatic rings. The van der Waals surface area contributed by atoms with Crippen LogP contribution in [0.2, 0.25) is 0 Å². The molecule has 0 unspecified atom stereocenters. The zero-order valence-electron chi connectivity index (χ0n) is 14.5. The van der Waals surface area contributed by atoms with E-state index in [-0.39, 0.29) is 43.1 Å². The van der Waals surface area contributed by atoms with Crippen LogP contribution in [-0.2, 0) is 15.8 Å². The fourth-order valence-corrected chi connectivity index (χ4v) is 2.90. The predicted molar refractivity (Wildman–Crippen MR) is 90.1 cm³/mol. The van der Waals surface area contributed by atoms with E-state index in [1.807, 2.05) is 0 Å². The molecular formula is C16H19F3N4O4. The van der Waals surface area contributed by atoms with Crippen molar-refractivity contribution in [1.29, 1.82) is 0 Å². The Kier molecular flexibility index (Phi) is 6.24. The number of likely N-dealkylation sites (N-methyl/N-ethyl adjacent to an activating group) is 1. The standard InChI is InChI=1S/C16H19F3N4O4/c1-20-14(24)9-21-15(25)10-4-6-22(7-5-10)12-3-2-11(16(17,18)19)8-13(12)23(26)27/h2-3,8,10H,4-7,9H2,1H3,(H,20,24)(H,21,25). The first kappa shape index (κ1) is 20.5. The molecule has 0 bridgehead atoms. The van der Waals surface area contributed by atoms with Crippen molar-refractivity contribution in [2.24, 2.45) is 5.92 Å². The van der Waals surface area contributed by atoms with Gasteiger partial charge in [0.2, 0.25) is 11.8 Å². The lowest BCUT2D eigenvalue weighted by molar-refractivity contribution is -0.384. The molecule has 0 spiro atoms. The molecule has 1 saturated heterocycles. The van der Waals surface area contributed by atoms with Crippen LogP contribution in [0.5, 0.6) is 0 Å². The smallest absolute Gasteiger partial charge is 0.366 e. The summed E-state index contributed by atoms with van der Waals surface area (Å²) in [6, 6.07) is 2.43. The van der Waals surface area contributed by atoms with E-state index in [9.17, 15) is 32.9 Å². The Morgan fingerprint density at radius 2 is 1.93 bits per heavy atom. The SMILES string of the molecule is CNC(=O)CNC(=O)C1CCN(c2ccc(C(F)(F)F)cc2[N+](=O)[O-])CC1. The third-order valence-electron chi connectivity index (χ3n) is 4.41. The number of hydrogen-bond acceptors (Lipinski definition) is 5. The van der Waals surface area contributed by atoms with Crippen LogP contribution in [0.3, 0.4) is 0 Å². The van der Waals surface area contributed by atoms with Crippen molar-refractivity contribution in [3.63, 3.8) is 0 Å². The van der Waals surface area contributed by atoms with Gasteiger partial charge in [-0.3, -0.25) is 19.7 Å². The number of nitro groups is 1. The minimum Gasteiger partial charge on any atom is -0.366 e. The summed E-state index contributed by atoms with van der Waals surface area (Å²) >= 11 is 0. The predicted octanol–water partition coefficient (Wildman–Crippen LogP) is 1.69. The van der Waals surface area contributed by atoms with Crippen LogP contribution >= 0.6 is 0 Å². The van der Waals surface area contributed by atoms with Gasteiger partial charge in [-0.05, 0) is 25.0 Å². The molecule has 8 nitrogen and oxygen atoms in total. The van der Waals surface area contributed by atoms with E-state index in [1.54, 1.807) is 4.90 Å². The third-order valence-corrected chi connectivity index (χ3v) is 4.41. The number of piperidine rings is 1. The molecule has 0 aromatic heterocycles. The fourth-order valence-electron chi connectivity index (χ4n) is 2.90. The van der Waals surface area contributed by atoms with Gasteiger partial charge in [-0.15, -0.1) is 0 Å². The van der Waals surface area contributed by atoms with Gasteiger partial charge in [0, 0.05) is 32.1 Å². The molecule has 0 saturated carbocycles. The molecule has 2 rings (SSSR count). The highest BCUT2D eigenvalue weighted by molar-refractivity contribution is 5.85. The average Bonchev–Trinajstić information content (AvgIpc) is 2.64. The van der Waals surface area contributed by atoms with Gasteiger partial charge in [0.1, 0.15) is 5.69 Å². The second-order valence-electron chi connectivity index (χ2n) is 6.11. The van der Waals surface area contributed by atoms with Crippen LogP contribution in [-0.4, -0.2) is 43.4 Å². The summed E-state index contributed by atoms with van der Waals surface area (Å²) in [6.07, 6.45) is -3.92. The van der Waals surface area contributed by atoms with Gasteiger partial charge in [0.25, 0.3) is 5.69 Å². The molecule has 0 radical (unpaired) electrons. The molecule has 11 heteroatoms. The van der Waals surface area contributed by atoms with E-state index < -0.39 is 22.4 Å². The van der Waals surface area contributed by atoms with E-state index >= 15 is 0 Å². The van der Waals surface area contributed by atoms with E-state index in [4.69, 9.17) is 0 Å². The minimum atomic E-state index is -4.67. The molecule has 0 atom stereocenters. The first-order chi connectivity index (χ1) is 12.6. The number of rotatable bonds is 5. The van der Waals surface area contributed by atoms with Crippen LogP contribution in [0.15, 0.2) is 18.2 Å². The van der Waals surface area contributed by atoms with E-state index in [0.717, 1.165) is 12.1 Å². The maximum absolute atomic E-state index is 12.8. The molecule has 27 heavy (non-hydrogen) atoms. The number of amides is 2. The number of halogens is 3. The highest BCUT2D eigenvalue weighted by Crippen LogP contribution is 2.37. The summed E-state index contributed by atoms with van der Waals surface area (Å²) in [4.78, 5) is 35.2. The van der Waals surface area contributed by atoms with Gasteiger partial charge in [-0.25, -0.2) is 0 Å². The van der Waals surface area contributed by atoms with Crippen molar-refractivity contribution < 1.29 is 27.7 Å². The summed E-state index contributed by atoms with van der Waals surface area (Å²) in [6.45, 7) is 0.425. The first-order valence-electron chi connectivity index (χ1n) is 8.22.